The van der Waals surface area contributed by atoms with Crippen LogP contribution in [0.4, 0.5) is 16.2 Å². The van der Waals surface area contributed by atoms with Crippen LogP contribution in [0, 0.1) is 0 Å². The van der Waals surface area contributed by atoms with Crippen molar-refractivity contribution in [3.05, 3.63) is 24.3 Å². The van der Waals surface area contributed by atoms with Gasteiger partial charge in [0.15, 0.2) is 0 Å². The molecule has 27 heavy (non-hydrogen) atoms. The topological polar surface area (TPSA) is 90.0 Å². The van der Waals surface area contributed by atoms with Crippen LogP contribution >= 0.6 is 0 Å². The highest BCUT2D eigenvalue weighted by molar-refractivity contribution is 6.45. The van der Waals surface area contributed by atoms with E-state index in [1.807, 2.05) is 12.1 Å². The third-order valence-electron chi connectivity index (χ3n) is 4.76. The van der Waals surface area contributed by atoms with E-state index in [2.05, 4.69) is 10.2 Å². The SMILES string of the molecule is CCCN1C(=O)C(=O)N(CC(=O)Nc2ccc(N3CCCCC3)cc2)C1=O. The second-order valence-electron chi connectivity index (χ2n) is 6.77. The molecule has 0 aliphatic carbocycles. The monoisotopic (exact) mass is 372 g/mol. The molecule has 2 fully saturated rings. The van der Waals surface area contributed by atoms with Crippen LogP contribution in [-0.2, 0) is 14.4 Å². The Morgan fingerprint density at radius 2 is 1.59 bits per heavy atom. The minimum absolute atomic E-state index is 0.166. The second kappa shape index (κ2) is 8.20. The zero-order valence-electron chi connectivity index (χ0n) is 15.4. The highest BCUT2D eigenvalue weighted by atomic mass is 16.2. The molecule has 2 saturated heterocycles. The molecule has 0 spiro atoms. The van der Waals surface area contributed by atoms with Crippen LogP contribution in [0.5, 0.6) is 0 Å². The van der Waals surface area contributed by atoms with E-state index in [0.717, 1.165) is 23.7 Å². The molecule has 144 valence electrons. The summed E-state index contributed by atoms with van der Waals surface area (Å²) in [6.45, 7) is 3.56. The Kier molecular flexibility index (Phi) is 5.73. The summed E-state index contributed by atoms with van der Waals surface area (Å²) in [5.41, 5.74) is 1.69. The van der Waals surface area contributed by atoms with E-state index in [9.17, 15) is 19.2 Å². The Hall–Kier alpha value is -2.90. The molecule has 0 bridgehead atoms. The van der Waals surface area contributed by atoms with Crippen molar-refractivity contribution in [2.45, 2.75) is 32.6 Å². The molecule has 0 radical (unpaired) electrons. The molecule has 0 atom stereocenters. The number of amides is 5. The van der Waals surface area contributed by atoms with Gasteiger partial charge < -0.3 is 10.2 Å². The summed E-state index contributed by atoms with van der Waals surface area (Å²) in [6, 6.07) is 6.75. The van der Waals surface area contributed by atoms with Crippen molar-refractivity contribution in [2.75, 3.05) is 36.4 Å². The Bertz CT molecular complexity index is 741. The van der Waals surface area contributed by atoms with Gasteiger partial charge in [-0.25, -0.2) is 9.69 Å². The van der Waals surface area contributed by atoms with Crippen molar-refractivity contribution in [1.82, 2.24) is 9.80 Å². The first kappa shape index (κ1) is 18.9. The molecular formula is C19H24N4O4. The van der Waals surface area contributed by atoms with Crippen molar-refractivity contribution in [1.29, 1.82) is 0 Å². The Balaban J connectivity index is 1.58. The lowest BCUT2D eigenvalue weighted by atomic mass is 10.1. The second-order valence-corrected chi connectivity index (χ2v) is 6.77. The minimum atomic E-state index is -0.955. The number of nitrogens with zero attached hydrogens (tertiary/aromatic N) is 3. The third-order valence-corrected chi connectivity index (χ3v) is 4.76. The van der Waals surface area contributed by atoms with Crippen molar-refractivity contribution < 1.29 is 19.2 Å². The Morgan fingerprint density at radius 1 is 0.963 bits per heavy atom. The van der Waals surface area contributed by atoms with Crippen molar-refractivity contribution in [3.8, 4) is 0 Å². The zero-order chi connectivity index (χ0) is 19.4. The van der Waals surface area contributed by atoms with E-state index in [4.69, 9.17) is 0 Å². The maximum absolute atomic E-state index is 12.2. The highest BCUT2D eigenvalue weighted by Crippen LogP contribution is 2.22. The molecule has 3 rings (SSSR count). The molecule has 1 aromatic carbocycles. The highest BCUT2D eigenvalue weighted by Gasteiger charge is 2.44. The molecule has 1 aromatic rings. The first-order valence-corrected chi connectivity index (χ1v) is 9.33. The number of anilines is 2. The molecule has 2 aliphatic rings. The zero-order valence-corrected chi connectivity index (χ0v) is 15.4. The minimum Gasteiger partial charge on any atom is -0.372 e. The number of nitrogens with one attached hydrogen (secondary N) is 1. The molecule has 0 unspecified atom stereocenters. The fourth-order valence-corrected chi connectivity index (χ4v) is 3.36. The standard InChI is InChI=1S/C19H24N4O4/c1-2-10-22-17(25)18(26)23(19(22)27)13-16(24)20-14-6-8-15(9-7-14)21-11-4-3-5-12-21/h6-9H,2-5,10-13H2,1H3,(H,20,24). The molecule has 2 heterocycles. The van der Waals surface area contributed by atoms with Gasteiger partial charge in [0.2, 0.25) is 5.91 Å². The maximum Gasteiger partial charge on any atom is 0.334 e. The molecule has 5 amide bonds. The van der Waals surface area contributed by atoms with Crippen LogP contribution in [0.15, 0.2) is 24.3 Å². The number of benzene rings is 1. The molecule has 1 N–H and O–H groups in total. The van der Waals surface area contributed by atoms with Gasteiger partial charge in [0.1, 0.15) is 6.54 Å². The van der Waals surface area contributed by atoms with Gasteiger partial charge in [0, 0.05) is 31.0 Å². The van der Waals surface area contributed by atoms with E-state index in [0.29, 0.717) is 17.0 Å². The summed E-state index contributed by atoms with van der Waals surface area (Å²) in [5.74, 6) is -2.35. The summed E-state index contributed by atoms with van der Waals surface area (Å²) in [4.78, 5) is 52.0. The van der Waals surface area contributed by atoms with Crippen LogP contribution in [0.1, 0.15) is 32.6 Å². The van der Waals surface area contributed by atoms with Gasteiger partial charge in [-0.05, 0) is 49.9 Å². The maximum atomic E-state index is 12.2. The van der Waals surface area contributed by atoms with Gasteiger partial charge in [-0.1, -0.05) is 6.92 Å². The first-order chi connectivity index (χ1) is 13.0. The lowest BCUT2D eigenvalue weighted by Gasteiger charge is -2.28. The average molecular weight is 372 g/mol. The number of carbonyl (C=O) groups is 4. The molecular weight excluding hydrogens is 348 g/mol. The van der Waals surface area contributed by atoms with Gasteiger partial charge in [-0.2, -0.15) is 0 Å². The number of hydrogen-bond donors (Lipinski definition) is 1. The molecule has 0 aromatic heterocycles. The number of urea groups is 1. The number of hydrogen-bond acceptors (Lipinski definition) is 5. The third kappa shape index (κ3) is 4.10. The Labute approximate surface area is 158 Å². The van der Waals surface area contributed by atoms with E-state index in [-0.39, 0.29) is 6.54 Å². The van der Waals surface area contributed by atoms with Crippen LogP contribution in [0.2, 0.25) is 0 Å². The van der Waals surface area contributed by atoms with E-state index in [1.165, 1.54) is 19.3 Å². The summed E-state index contributed by atoms with van der Waals surface area (Å²) >= 11 is 0. The predicted octanol–water partition coefficient (Wildman–Crippen LogP) is 1.82. The van der Waals surface area contributed by atoms with Crippen LogP contribution in [0.3, 0.4) is 0 Å². The fourth-order valence-electron chi connectivity index (χ4n) is 3.36. The largest absolute Gasteiger partial charge is 0.372 e. The first-order valence-electron chi connectivity index (χ1n) is 9.33. The van der Waals surface area contributed by atoms with Gasteiger partial charge in [0.05, 0.1) is 0 Å². The van der Waals surface area contributed by atoms with Crippen molar-refractivity contribution in [3.63, 3.8) is 0 Å². The van der Waals surface area contributed by atoms with Gasteiger partial charge in [0.25, 0.3) is 0 Å². The quantitative estimate of drug-likeness (QED) is 0.608. The Morgan fingerprint density at radius 3 is 2.22 bits per heavy atom. The van der Waals surface area contributed by atoms with Crippen molar-refractivity contribution >= 4 is 35.1 Å². The average Bonchev–Trinajstić information content (AvgIpc) is 2.88. The number of carbonyl (C=O) groups excluding carboxylic acids is 4. The van der Waals surface area contributed by atoms with Gasteiger partial charge >= 0.3 is 17.8 Å². The van der Waals surface area contributed by atoms with E-state index >= 15 is 0 Å². The number of imide groups is 2. The smallest absolute Gasteiger partial charge is 0.334 e. The summed E-state index contributed by atoms with van der Waals surface area (Å²) in [6.07, 6.45) is 4.18. The lowest BCUT2D eigenvalue weighted by Crippen LogP contribution is -2.39. The van der Waals surface area contributed by atoms with Gasteiger partial charge in [-0.15, -0.1) is 0 Å². The number of rotatable bonds is 6. The van der Waals surface area contributed by atoms with Gasteiger partial charge in [-0.3, -0.25) is 19.3 Å². The van der Waals surface area contributed by atoms with Crippen LogP contribution in [-0.4, -0.2) is 59.7 Å². The summed E-state index contributed by atoms with van der Waals surface area (Å²) in [7, 11) is 0. The molecule has 8 nitrogen and oxygen atoms in total. The normalized spacial score (nSPS) is 17.7. The molecule has 0 saturated carbocycles. The van der Waals surface area contributed by atoms with Crippen LogP contribution in [0.25, 0.3) is 0 Å². The number of piperidine rings is 1. The van der Waals surface area contributed by atoms with E-state index in [1.54, 1.807) is 19.1 Å². The lowest BCUT2D eigenvalue weighted by molar-refractivity contribution is -0.143. The van der Waals surface area contributed by atoms with Crippen molar-refractivity contribution in [2.24, 2.45) is 0 Å². The van der Waals surface area contributed by atoms with Crippen LogP contribution < -0.4 is 10.2 Å². The molecule has 8 heteroatoms. The van der Waals surface area contributed by atoms with E-state index < -0.39 is 30.3 Å². The predicted molar refractivity (Wildman–Crippen MR) is 100 cm³/mol. The summed E-state index contributed by atoms with van der Waals surface area (Å²) in [5, 5.41) is 2.67. The summed E-state index contributed by atoms with van der Waals surface area (Å²) < 4.78 is 0. The fraction of sp³-hybridized carbons (Fsp3) is 0.474. The molecule has 2 aliphatic heterocycles.